The fourth-order valence-electron chi connectivity index (χ4n) is 1.93. The van der Waals surface area contributed by atoms with Crippen molar-refractivity contribution in [3.8, 4) is 5.75 Å². The molecule has 1 unspecified atom stereocenters. The van der Waals surface area contributed by atoms with Gasteiger partial charge in [0.05, 0.1) is 6.04 Å². The Bertz CT molecular complexity index is 484. The fourth-order valence-corrected chi connectivity index (χ4v) is 1.93. The molecule has 0 aliphatic carbocycles. The molecule has 2 rings (SSSR count). The number of ether oxygens (including phenoxy) is 1. The van der Waals surface area contributed by atoms with Gasteiger partial charge in [-0.05, 0) is 25.5 Å². The van der Waals surface area contributed by atoms with Gasteiger partial charge in [0.25, 0.3) is 0 Å². The van der Waals surface area contributed by atoms with Crippen molar-refractivity contribution in [3.63, 3.8) is 0 Å². The van der Waals surface area contributed by atoms with Gasteiger partial charge in [-0.15, -0.1) is 0 Å². The topological polar surface area (TPSA) is 75.6 Å². The molecular formula is C13H15NO4. The molecule has 1 saturated heterocycles. The molecule has 1 heterocycles. The standard InChI is InChI=1S/C13H15NO4/c1-8-2-4-11(10(6-8)13(16)17)18-7-9-3-5-12(15)14-9/h2,4,6,9H,3,5,7H2,1H3,(H,14,15)(H,16,17). The van der Waals surface area contributed by atoms with Gasteiger partial charge in [-0.1, -0.05) is 11.6 Å². The number of aromatic carboxylic acids is 1. The van der Waals surface area contributed by atoms with Crippen molar-refractivity contribution in [1.29, 1.82) is 0 Å². The van der Waals surface area contributed by atoms with E-state index < -0.39 is 5.97 Å². The first-order valence-electron chi connectivity index (χ1n) is 5.82. The summed E-state index contributed by atoms with van der Waals surface area (Å²) in [7, 11) is 0. The van der Waals surface area contributed by atoms with Crippen LogP contribution in [0.3, 0.4) is 0 Å². The van der Waals surface area contributed by atoms with Gasteiger partial charge >= 0.3 is 5.97 Å². The highest BCUT2D eigenvalue weighted by molar-refractivity contribution is 5.91. The Balaban J connectivity index is 2.04. The molecule has 5 nitrogen and oxygen atoms in total. The number of carbonyl (C=O) groups is 2. The molecule has 5 heteroatoms. The molecule has 1 fully saturated rings. The minimum atomic E-state index is -1.01. The van der Waals surface area contributed by atoms with E-state index in [0.29, 0.717) is 18.8 Å². The van der Waals surface area contributed by atoms with Crippen LogP contribution in [0.1, 0.15) is 28.8 Å². The smallest absolute Gasteiger partial charge is 0.339 e. The summed E-state index contributed by atoms with van der Waals surface area (Å²) in [6.07, 6.45) is 1.24. The van der Waals surface area contributed by atoms with Crippen molar-refractivity contribution in [2.45, 2.75) is 25.8 Å². The third-order valence-corrected chi connectivity index (χ3v) is 2.89. The van der Waals surface area contributed by atoms with Gasteiger partial charge in [-0.2, -0.15) is 0 Å². The SMILES string of the molecule is Cc1ccc(OCC2CCC(=O)N2)c(C(=O)O)c1. The molecule has 0 bridgehead atoms. The van der Waals surface area contributed by atoms with Crippen molar-refractivity contribution in [2.75, 3.05) is 6.61 Å². The zero-order valence-electron chi connectivity index (χ0n) is 10.1. The number of amides is 1. The zero-order chi connectivity index (χ0) is 13.1. The van der Waals surface area contributed by atoms with Crippen LogP contribution in [0.5, 0.6) is 5.75 Å². The molecule has 0 radical (unpaired) electrons. The van der Waals surface area contributed by atoms with E-state index in [9.17, 15) is 9.59 Å². The quantitative estimate of drug-likeness (QED) is 0.844. The van der Waals surface area contributed by atoms with E-state index in [-0.39, 0.29) is 17.5 Å². The summed E-state index contributed by atoms with van der Waals surface area (Å²) in [5, 5.41) is 11.8. The Morgan fingerprint density at radius 1 is 1.56 bits per heavy atom. The zero-order valence-corrected chi connectivity index (χ0v) is 10.1. The number of carboxylic acids is 1. The third kappa shape index (κ3) is 2.80. The first-order valence-corrected chi connectivity index (χ1v) is 5.82. The Kier molecular flexibility index (Phi) is 3.50. The molecule has 1 aliphatic heterocycles. The monoisotopic (exact) mass is 249 g/mol. The van der Waals surface area contributed by atoms with E-state index in [2.05, 4.69) is 5.32 Å². The van der Waals surface area contributed by atoms with E-state index in [0.717, 1.165) is 12.0 Å². The normalized spacial score (nSPS) is 18.5. The van der Waals surface area contributed by atoms with Crippen molar-refractivity contribution in [1.82, 2.24) is 5.32 Å². The maximum Gasteiger partial charge on any atom is 0.339 e. The van der Waals surface area contributed by atoms with Gasteiger partial charge in [0.2, 0.25) is 5.91 Å². The Hall–Kier alpha value is -2.04. The predicted molar refractivity (Wildman–Crippen MR) is 64.8 cm³/mol. The summed E-state index contributed by atoms with van der Waals surface area (Å²) in [4.78, 5) is 22.1. The number of carboxylic acid groups (broad SMARTS) is 1. The molecular weight excluding hydrogens is 234 g/mol. The van der Waals surface area contributed by atoms with Gasteiger partial charge in [0, 0.05) is 6.42 Å². The average molecular weight is 249 g/mol. The molecule has 2 N–H and O–H groups in total. The molecule has 0 spiro atoms. The maximum atomic E-state index is 11.1. The van der Waals surface area contributed by atoms with Crippen LogP contribution >= 0.6 is 0 Å². The first-order chi connectivity index (χ1) is 8.56. The number of benzene rings is 1. The minimum absolute atomic E-state index is 0.0194. The van der Waals surface area contributed by atoms with E-state index in [4.69, 9.17) is 9.84 Å². The number of rotatable bonds is 4. The van der Waals surface area contributed by atoms with Gasteiger partial charge in [-0.25, -0.2) is 4.79 Å². The fraction of sp³-hybridized carbons (Fsp3) is 0.385. The number of aryl methyl sites for hydroxylation is 1. The summed E-state index contributed by atoms with van der Waals surface area (Å²) >= 11 is 0. The van der Waals surface area contributed by atoms with Crippen molar-refractivity contribution in [3.05, 3.63) is 29.3 Å². The summed E-state index contributed by atoms with van der Waals surface area (Å²) in [6.45, 7) is 2.13. The molecule has 0 aromatic heterocycles. The van der Waals surface area contributed by atoms with E-state index in [1.165, 1.54) is 0 Å². The third-order valence-electron chi connectivity index (χ3n) is 2.89. The van der Waals surface area contributed by atoms with Crippen LogP contribution in [0.2, 0.25) is 0 Å². The Morgan fingerprint density at radius 3 is 2.94 bits per heavy atom. The molecule has 1 atom stereocenters. The van der Waals surface area contributed by atoms with Gasteiger partial charge < -0.3 is 15.2 Å². The van der Waals surface area contributed by atoms with Crippen LogP contribution in [0.25, 0.3) is 0 Å². The highest BCUT2D eigenvalue weighted by Gasteiger charge is 2.22. The van der Waals surface area contributed by atoms with Gasteiger partial charge in [0.1, 0.15) is 17.9 Å². The number of hydrogen-bond donors (Lipinski definition) is 2. The van der Waals surface area contributed by atoms with E-state index in [1.807, 2.05) is 6.92 Å². The van der Waals surface area contributed by atoms with Crippen LogP contribution in [0.4, 0.5) is 0 Å². The van der Waals surface area contributed by atoms with Crippen LogP contribution in [-0.2, 0) is 4.79 Å². The van der Waals surface area contributed by atoms with Crippen LogP contribution in [0, 0.1) is 6.92 Å². The van der Waals surface area contributed by atoms with Crippen LogP contribution in [-0.4, -0.2) is 29.6 Å². The van der Waals surface area contributed by atoms with Crippen molar-refractivity contribution < 1.29 is 19.4 Å². The predicted octanol–water partition coefficient (Wildman–Crippen LogP) is 1.35. The van der Waals surface area contributed by atoms with Gasteiger partial charge in [-0.3, -0.25) is 4.79 Å². The molecule has 1 aromatic carbocycles. The molecule has 1 aromatic rings. The molecule has 1 aliphatic rings. The largest absolute Gasteiger partial charge is 0.491 e. The second kappa shape index (κ2) is 5.08. The number of hydrogen-bond acceptors (Lipinski definition) is 3. The molecule has 18 heavy (non-hydrogen) atoms. The highest BCUT2D eigenvalue weighted by atomic mass is 16.5. The second-order valence-corrected chi connectivity index (χ2v) is 4.42. The van der Waals surface area contributed by atoms with Crippen LogP contribution in [0.15, 0.2) is 18.2 Å². The summed E-state index contributed by atoms with van der Waals surface area (Å²) in [5.74, 6) is -0.649. The Labute approximate surface area is 105 Å². The average Bonchev–Trinajstić information content (AvgIpc) is 2.73. The lowest BCUT2D eigenvalue weighted by atomic mass is 10.1. The lowest BCUT2D eigenvalue weighted by molar-refractivity contribution is -0.119. The number of carbonyl (C=O) groups excluding carboxylic acids is 1. The summed E-state index contributed by atoms with van der Waals surface area (Å²) < 4.78 is 5.49. The van der Waals surface area contributed by atoms with Gasteiger partial charge in [0.15, 0.2) is 0 Å². The van der Waals surface area contributed by atoms with E-state index >= 15 is 0 Å². The lowest BCUT2D eigenvalue weighted by Crippen LogP contribution is -2.31. The highest BCUT2D eigenvalue weighted by Crippen LogP contribution is 2.21. The first kappa shape index (κ1) is 12.4. The number of nitrogens with one attached hydrogen (secondary N) is 1. The van der Waals surface area contributed by atoms with Crippen LogP contribution < -0.4 is 10.1 Å². The second-order valence-electron chi connectivity index (χ2n) is 4.42. The Morgan fingerprint density at radius 2 is 2.33 bits per heavy atom. The summed E-state index contributed by atoms with van der Waals surface area (Å²) in [6, 6.07) is 5.00. The van der Waals surface area contributed by atoms with Crippen molar-refractivity contribution >= 4 is 11.9 Å². The molecule has 1 amide bonds. The minimum Gasteiger partial charge on any atom is -0.491 e. The lowest BCUT2D eigenvalue weighted by Gasteiger charge is -2.13. The van der Waals surface area contributed by atoms with E-state index in [1.54, 1.807) is 18.2 Å². The molecule has 0 saturated carbocycles. The maximum absolute atomic E-state index is 11.1. The summed E-state index contributed by atoms with van der Waals surface area (Å²) in [5.41, 5.74) is 1.02. The molecule has 96 valence electrons. The van der Waals surface area contributed by atoms with Crippen molar-refractivity contribution in [2.24, 2.45) is 0 Å².